The largest absolute Gasteiger partial charge is 0.455 e. The van der Waals surface area contributed by atoms with Crippen molar-refractivity contribution in [3.63, 3.8) is 0 Å². The molecular formula is C26H30N4O3. The van der Waals surface area contributed by atoms with Crippen LogP contribution in [0.2, 0.25) is 0 Å². The van der Waals surface area contributed by atoms with Crippen molar-refractivity contribution < 1.29 is 14.4 Å². The SMILES string of the molecule is Cc1cc(C)c(C2(C)CC(/C(=N/OCC(O)CN=[N+]=[N-])c3cc4ccccc4o3)C2)c(C)c1. The zero-order valence-electron chi connectivity index (χ0n) is 19.6. The van der Waals surface area contributed by atoms with E-state index in [4.69, 9.17) is 14.8 Å². The molecule has 0 radical (unpaired) electrons. The van der Waals surface area contributed by atoms with Gasteiger partial charge in [0, 0.05) is 16.2 Å². The molecule has 4 rings (SSSR count). The van der Waals surface area contributed by atoms with Crippen LogP contribution in [0.1, 0.15) is 47.8 Å². The summed E-state index contributed by atoms with van der Waals surface area (Å²) in [5, 5.41) is 18.7. The highest BCUT2D eigenvalue weighted by Gasteiger charge is 2.46. The molecule has 0 saturated heterocycles. The van der Waals surface area contributed by atoms with E-state index in [9.17, 15) is 5.11 Å². The van der Waals surface area contributed by atoms with Gasteiger partial charge in [0.15, 0.2) is 5.76 Å². The molecule has 7 heteroatoms. The number of nitrogens with zero attached hydrogens (tertiary/aromatic N) is 4. The highest BCUT2D eigenvalue weighted by molar-refractivity contribution is 6.03. The van der Waals surface area contributed by atoms with Gasteiger partial charge in [0.2, 0.25) is 0 Å². The molecule has 1 aliphatic rings. The molecule has 0 amide bonds. The molecule has 0 spiro atoms. The summed E-state index contributed by atoms with van der Waals surface area (Å²) in [5.41, 5.74) is 15.4. The van der Waals surface area contributed by atoms with Gasteiger partial charge in [-0.05, 0) is 73.4 Å². The van der Waals surface area contributed by atoms with Crippen LogP contribution in [0.15, 0.2) is 57.2 Å². The number of oxime groups is 1. The lowest BCUT2D eigenvalue weighted by molar-refractivity contribution is 0.0430. The van der Waals surface area contributed by atoms with E-state index in [2.05, 4.69) is 55.0 Å². The molecule has 1 N–H and O–H groups in total. The molecule has 3 aromatic rings. The van der Waals surface area contributed by atoms with Crippen molar-refractivity contribution in [2.45, 2.75) is 52.1 Å². The van der Waals surface area contributed by atoms with E-state index in [0.717, 1.165) is 29.5 Å². The Hall–Kier alpha value is -3.28. The van der Waals surface area contributed by atoms with Crippen LogP contribution in [0, 0.1) is 26.7 Å². The van der Waals surface area contributed by atoms with Gasteiger partial charge in [0.05, 0.1) is 12.6 Å². The zero-order valence-corrected chi connectivity index (χ0v) is 19.6. The van der Waals surface area contributed by atoms with E-state index in [0.29, 0.717) is 5.76 Å². The van der Waals surface area contributed by atoms with Crippen molar-refractivity contribution in [2.75, 3.05) is 13.2 Å². The lowest BCUT2D eigenvalue weighted by Gasteiger charge is -2.47. The summed E-state index contributed by atoms with van der Waals surface area (Å²) in [7, 11) is 0. The number of hydrogen-bond acceptors (Lipinski definition) is 5. The lowest BCUT2D eigenvalue weighted by Crippen LogP contribution is -2.43. The van der Waals surface area contributed by atoms with Gasteiger partial charge in [-0.1, -0.05) is 53.1 Å². The number of fused-ring (bicyclic) bond motifs is 1. The number of para-hydroxylation sites is 1. The van der Waals surface area contributed by atoms with Gasteiger partial charge in [0.1, 0.15) is 17.9 Å². The van der Waals surface area contributed by atoms with Gasteiger partial charge >= 0.3 is 0 Å². The normalized spacial score (nSPS) is 21.4. The van der Waals surface area contributed by atoms with Gasteiger partial charge in [-0.2, -0.15) is 0 Å². The molecule has 1 heterocycles. The van der Waals surface area contributed by atoms with Crippen LogP contribution in [0.3, 0.4) is 0 Å². The van der Waals surface area contributed by atoms with Crippen LogP contribution < -0.4 is 0 Å². The predicted octanol–water partition coefficient (Wildman–Crippen LogP) is 6.12. The van der Waals surface area contributed by atoms with Crippen molar-refractivity contribution in [2.24, 2.45) is 16.2 Å². The third-order valence-corrected chi connectivity index (χ3v) is 6.52. The second kappa shape index (κ2) is 9.30. The van der Waals surface area contributed by atoms with E-state index in [1.807, 2.05) is 30.3 Å². The fraction of sp³-hybridized carbons (Fsp3) is 0.423. The van der Waals surface area contributed by atoms with E-state index in [1.165, 1.54) is 22.3 Å². The number of azide groups is 1. The lowest BCUT2D eigenvalue weighted by atomic mass is 9.57. The van der Waals surface area contributed by atoms with Crippen LogP contribution in [0.4, 0.5) is 0 Å². The average Bonchev–Trinajstić information content (AvgIpc) is 3.16. The molecule has 2 aromatic carbocycles. The molecule has 1 aromatic heterocycles. The summed E-state index contributed by atoms with van der Waals surface area (Å²) in [5.74, 6) is 0.857. The Kier molecular flexibility index (Phi) is 6.45. The first-order valence-corrected chi connectivity index (χ1v) is 11.3. The summed E-state index contributed by atoms with van der Waals surface area (Å²) in [6.07, 6.45) is 0.947. The molecule has 33 heavy (non-hydrogen) atoms. The van der Waals surface area contributed by atoms with Crippen molar-refractivity contribution in [1.29, 1.82) is 0 Å². The molecule has 0 bridgehead atoms. The second-order valence-corrected chi connectivity index (χ2v) is 9.43. The molecule has 1 saturated carbocycles. The topological polar surface area (TPSA) is 104 Å². The zero-order chi connectivity index (χ0) is 23.6. The molecule has 1 aliphatic carbocycles. The van der Waals surface area contributed by atoms with E-state index in [1.54, 1.807) is 0 Å². The Labute approximate surface area is 193 Å². The minimum absolute atomic E-state index is 0.0527. The van der Waals surface area contributed by atoms with Crippen LogP contribution in [0.5, 0.6) is 0 Å². The quantitative estimate of drug-likeness (QED) is 0.148. The third kappa shape index (κ3) is 4.75. The number of benzene rings is 2. The van der Waals surface area contributed by atoms with Crippen molar-refractivity contribution in [3.05, 3.63) is 80.9 Å². The molecule has 7 nitrogen and oxygen atoms in total. The number of aryl methyl sites for hydroxylation is 3. The Balaban J connectivity index is 1.59. The third-order valence-electron chi connectivity index (χ3n) is 6.52. The van der Waals surface area contributed by atoms with E-state index in [-0.39, 0.29) is 24.5 Å². The van der Waals surface area contributed by atoms with Crippen LogP contribution in [-0.4, -0.2) is 30.1 Å². The van der Waals surface area contributed by atoms with Gasteiger partial charge in [-0.3, -0.25) is 0 Å². The first-order chi connectivity index (χ1) is 15.8. The maximum absolute atomic E-state index is 9.92. The Bertz CT molecular complexity index is 1180. The number of aliphatic hydroxyl groups excluding tert-OH is 1. The van der Waals surface area contributed by atoms with Crippen LogP contribution >= 0.6 is 0 Å². The predicted molar refractivity (Wildman–Crippen MR) is 129 cm³/mol. The first kappa shape index (κ1) is 22.9. The van der Waals surface area contributed by atoms with Gasteiger partial charge in [-0.15, -0.1) is 0 Å². The van der Waals surface area contributed by atoms with Crippen molar-refractivity contribution in [3.8, 4) is 0 Å². The second-order valence-electron chi connectivity index (χ2n) is 9.43. The smallest absolute Gasteiger partial charge is 0.153 e. The molecule has 0 aliphatic heterocycles. The number of hydrogen-bond donors (Lipinski definition) is 1. The first-order valence-electron chi connectivity index (χ1n) is 11.3. The van der Waals surface area contributed by atoms with Crippen molar-refractivity contribution in [1.82, 2.24) is 0 Å². The number of rotatable bonds is 8. The Morgan fingerprint density at radius 2 is 1.91 bits per heavy atom. The summed E-state index contributed by atoms with van der Waals surface area (Å²) in [6.45, 7) is 8.72. The maximum Gasteiger partial charge on any atom is 0.153 e. The molecular weight excluding hydrogens is 416 g/mol. The van der Waals surface area contributed by atoms with E-state index >= 15 is 0 Å². The number of furan rings is 1. The molecule has 1 unspecified atom stereocenters. The van der Waals surface area contributed by atoms with Crippen LogP contribution in [0.25, 0.3) is 21.4 Å². The molecule has 172 valence electrons. The van der Waals surface area contributed by atoms with Gasteiger partial charge in [-0.25, -0.2) is 0 Å². The van der Waals surface area contributed by atoms with Gasteiger partial charge < -0.3 is 14.4 Å². The minimum Gasteiger partial charge on any atom is -0.455 e. The van der Waals surface area contributed by atoms with Gasteiger partial charge in [0.25, 0.3) is 0 Å². The monoisotopic (exact) mass is 446 g/mol. The average molecular weight is 447 g/mol. The summed E-state index contributed by atoms with van der Waals surface area (Å²) in [6, 6.07) is 14.4. The fourth-order valence-corrected chi connectivity index (χ4v) is 5.36. The minimum atomic E-state index is -0.911. The fourth-order valence-electron chi connectivity index (χ4n) is 5.36. The highest BCUT2D eigenvalue weighted by atomic mass is 16.6. The number of aliphatic hydroxyl groups is 1. The van der Waals surface area contributed by atoms with Crippen molar-refractivity contribution >= 4 is 16.7 Å². The molecule has 1 fully saturated rings. The Morgan fingerprint density at radius 3 is 2.58 bits per heavy atom. The standard InChI is InChI=1S/C26H30N4O3/c1-16-9-17(2)24(18(3)10-16)26(4)12-20(13-26)25(29-32-15-21(31)14-28-30-27)23-11-19-7-5-6-8-22(19)33-23/h5-11,20-21,31H,12-15H2,1-4H3/b29-25-. The Morgan fingerprint density at radius 1 is 1.21 bits per heavy atom. The summed E-state index contributed by atoms with van der Waals surface area (Å²) in [4.78, 5) is 8.16. The summed E-state index contributed by atoms with van der Waals surface area (Å²) >= 11 is 0. The molecule has 1 atom stereocenters. The van der Waals surface area contributed by atoms with Crippen LogP contribution in [-0.2, 0) is 10.3 Å². The highest BCUT2D eigenvalue weighted by Crippen LogP contribution is 2.51. The summed E-state index contributed by atoms with van der Waals surface area (Å²) < 4.78 is 6.11. The maximum atomic E-state index is 9.92. The van der Waals surface area contributed by atoms with E-state index < -0.39 is 6.10 Å².